The predicted molar refractivity (Wildman–Crippen MR) is 75.9 cm³/mol. The smallest absolute Gasteiger partial charge is 0.303 e. The van der Waals surface area contributed by atoms with Crippen molar-refractivity contribution in [1.29, 1.82) is 0 Å². The number of nitrogens with zero attached hydrogens (tertiary/aromatic N) is 2. The number of likely N-dealkylation sites (tertiary alicyclic amines) is 1. The molecule has 1 aromatic heterocycles. The Morgan fingerprint density at radius 3 is 2.95 bits per heavy atom. The number of rotatable bonds is 4. The normalized spacial score (nSPS) is 20.0. The number of hydrogen-bond donors (Lipinski definition) is 2. The van der Waals surface area contributed by atoms with Crippen molar-refractivity contribution in [2.45, 2.75) is 26.2 Å². The molecule has 1 fully saturated rings. The largest absolute Gasteiger partial charge is 0.505 e. The Labute approximate surface area is 123 Å². The molecule has 2 rings (SSSR count). The molecule has 2 heterocycles. The van der Waals surface area contributed by atoms with Gasteiger partial charge in [0.25, 0.3) is 5.91 Å². The zero-order valence-electron chi connectivity index (χ0n) is 12.0. The van der Waals surface area contributed by atoms with E-state index in [-0.39, 0.29) is 35.5 Å². The van der Waals surface area contributed by atoms with Gasteiger partial charge in [-0.3, -0.25) is 14.6 Å². The van der Waals surface area contributed by atoms with Crippen LogP contribution in [0.2, 0.25) is 0 Å². The highest BCUT2D eigenvalue weighted by Crippen LogP contribution is 2.28. The van der Waals surface area contributed by atoms with Gasteiger partial charge in [0, 0.05) is 25.7 Å². The molecule has 1 aromatic rings. The van der Waals surface area contributed by atoms with Crippen LogP contribution in [-0.2, 0) is 4.79 Å². The number of piperidine rings is 1. The number of carbonyl (C=O) groups excluding carboxylic acids is 1. The number of amides is 1. The second-order valence-electron chi connectivity index (χ2n) is 5.62. The molecule has 2 unspecified atom stereocenters. The Morgan fingerprint density at radius 2 is 2.29 bits per heavy atom. The fourth-order valence-electron chi connectivity index (χ4n) is 2.84. The monoisotopic (exact) mass is 292 g/mol. The molecule has 0 aromatic carbocycles. The summed E-state index contributed by atoms with van der Waals surface area (Å²) in [5, 5.41) is 18.6. The van der Waals surface area contributed by atoms with Gasteiger partial charge in [0.05, 0.1) is 11.8 Å². The van der Waals surface area contributed by atoms with Crippen LogP contribution in [0.5, 0.6) is 5.75 Å². The summed E-state index contributed by atoms with van der Waals surface area (Å²) in [5.74, 6) is -0.935. The Bertz CT molecular complexity index is 532. The van der Waals surface area contributed by atoms with Gasteiger partial charge in [-0.25, -0.2) is 0 Å². The van der Waals surface area contributed by atoms with Crippen LogP contribution in [0.15, 0.2) is 18.5 Å². The van der Waals surface area contributed by atoms with Crippen molar-refractivity contribution in [2.24, 2.45) is 11.8 Å². The minimum absolute atomic E-state index is 0.0316. The van der Waals surface area contributed by atoms with E-state index in [4.69, 9.17) is 5.11 Å². The van der Waals surface area contributed by atoms with E-state index in [9.17, 15) is 14.7 Å². The third-order valence-corrected chi connectivity index (χ3v) is 4.08. The maximum absolute atomic E-state index is 12.4. The summed E-state index contributed by atoms with van der Waals surface area (Å²) in [6.45, 7) is 3.09. The SMILES string of the molecule is CC(CC(=O)O)C1CCCN(C(=O)c2ccncc2O)C1. The molecule has 21 heavy (non-hydrogen) atoms. The molecular weight excluding hydrogens is 272 g/mol. The molecule has 1 saturated heterocycles. The van der Waals surface area contributed by atoms with E-state index in [1.807, 2.05) is 6.92 Å². The van der Waals surface area contributed by atoms with Crippen molar-refractivity contribution in [3.63, 3.8) is 0 Å². The lowest BCUT2D eigenvalue weighted by molar-refractivity contribution is -0.138. The van der Waals surface area contributed by atoms with Gasteiger partial charge in [-0.05, 0) is 30.7 Å². The number of carboxylic acid groups (broad SMARTS) is 1. The first kappa shape index (κ1) is 15.3. The average molecular weight is 292 g/mol. The standard InChI is InChI=1S/C15H20N2O4/c1-10(7-14(19)20)11-3-2-6-17(9-11)15(21)12-4-5-16-8-13(12)18/h4-5,8,10-11,18H,2-3,6-7,9H2,1H3,(H,19,20). The van der Waals surface area contributed by atoms with E-state index in [0.717, 1.165) is 12.8 Å². The molecule has 6 heteroatoms. The van der Waals surface area contributed by atoms with Crippen LogP contribution in [0.4, 0.5) is 0 Å². The lowest BCUT2D eigenvalue weighted by atomic mass is 9.84. The molecule has 114 valence electrons. The van der Waals surface area contributed by atoms with Crippen LogP contribution in [-0.4, -0.2) is 45.1 Å². The lowest BCUT2D eigenvalue weighted by Gasteiger charge is -2.35. The first-order valence-electron chi connectivity index (χ1n) is 7.13. The number of carbonyl (C=O) groups is 2. The van der Waals surface area contributed by atoms with Gasteiger partial charge in [0.1, 0.15) is 5.75 Å². The highest BCUT2D eigenvalue weighted by atomic mass is 16.4. The molecular formula is C15H20N2O4. The summed E-state index contributed by atoms with van der Waals surface area (Å²) in [6, 6.07) is 1.50. The Morgan fingerprint density at radius 1 is 1.52 bits per heavy atom. The van der Waals surface area contributed by atoms with Gasteiger partial charge in [-0.2, -0.15) is 0 Å². The molecule has 1 amide bonds. The van der Waals surface area contributed by atoms with Crippen molar-refractivity contribution < 1.29 is 19.8 Å². The van der Waals surface area contributed by atoms with Crippen LogP contribution in [0.1, 0.15) is 36.5 Å². The maximum atomic E-state index is 12.4. The fourth-order valence-corrected chi connectivity index (χ4v) is 2.84. The first-order chi connectivity index (χ1) is 9.99. The number of aromatic hydroxyl groups is 1. The summed E-state index contributed by atoms with van der Waals surface area (Å²) < 4.78 is 0. The topological polar surface area (TPSA) is 90.7 Å². The molecule has 0 saturated carbocycles. The molecule has 2 atom stereocenters. The van der Waals surface area contributed by atoms with E-state index in [1.165, 1.54) is 18.5 Å². The van der Waals surface area contributed by atoms with Crippen LogP contribution < -0.4 is 0 Å². The third-order valence-electron chi connectivity index (χ3n) is 4.08. The highest BCUT2D eigenvalue weighted by Gasteiger charge is 2.29. The van der Waals surface area contributed by atoms with Crippen molar-refractivity contribution in [2.75, 3.05) is 13.1 Å². The second kappa shape index (κ2) is 6.56. The number of aliphatic carboxylic acids is 1. The molecule has 1 aliphatic heterocycles. The quantitative estimate of drug-likeness (QED) is 0.882. The molecule has 0 radical (unpaired) electrons. The zero-order valence-corrected chi connectivity index (χ0v) is 12.0. The van der Waals surface area contributed by atoms with Crippen LogP contribution in [0.3, 0.4) is 0 Å². The van der Waals surface area contributed by atoms with Crippen molar-refractivity contribution in [3.05, 3.63) is 24.0 Å². The van der Waals surface area contributed by atoms with Crippen molar-refractivity contribution in [3.8, 4) is 5.75 Å². The summed E-state index contributed by atoms with van der Waals surface area (Å²) in [6.07, 6.45) is 4.63. The van der Waals surface area contributed by atoms with E-state index in [0.29, 0.717) is 13.1 Å². The van der Waals surface area contributed by atoms with Gasteiger partial charge in [-0.1, -0.05) is 6.92 Å². The van der Waals surface area contributed by atoms with Gasteiger partial charge in [0.2, 0.25) is 0 Å². The van der Waals surface area contributed by atoms with Crippen molar-refractivity contribution >= 4 is 11.9 Å². The predicted octanol–water partition coefficient (Wildman–Crippen LogP) is 1.75. The minimum atomic E-state index is -0.808. The van der Waals surface area contributed by atoms with Crippen LogP contribution in [0, 0.1) is 11.8 Å². The number of aromatic nitrogens is 1. The summed E-state index contributed by atoms with van der Waals surface area (Å²) in [4.78, 5) is 28.7. The second-order valence-corrected chi connectivity index (χ2v) is 5.62. The number of pyridine rings is 1. The van der Waals surface area contributed by atoms with E-state index >= 15 is 0 Å². The van der Waals surface area contributed by atoms with Gasteiger partial charge < -0.3 is 15.1 Å². The fraction of sp³-hybridized carbons (Fsp3) is 0.533. The van der Waals surface area contributed by atoms with E-state index < -0.39 is 5.97 Å². The highest BCUT2D eigenvalue weighted by molar-refractivity contribution is 5.96. The molecule has 1 aliphatic rings. The molecule has 0 aliphatic carbocycles. The first-order valence-corrected chi connectivity index (χ1v) is 7.13. The molecule has 2 N–H and O–H groups in total. The average Bonchev–Trinajstić information content (AvgIpc) is 2.46. The maximum Gasteiger partial charge on any atom is 0.303 e. The van der Waals surface area contributed by atoms with E-state index in [2.05, 4.69) is 4.98 Å². The van der Waals surface area contributed by atoms with Gasteiger partial charge in [0.15, 0.2) is 0 Å². The van der Waals surface area contributed by atoms with Crippen LogP contribution in [0.25, 0.3) is 0 Å². The minimum Gasteiger partial charge on any atom is -0.505 e. The Kier molecular flexibility index (Phi) is 4.77. The summed E-state index contributed by atoms with van der Waals surface area (Å²) >= 11 is 0. The lowest BCUT2D eigenvalue weighted by Crippen LogP contribution is -2.42. The third kappa shape index (κ3) is 3.71. The van der Waals surface area contributed by atoms with E-state index in [1.54, 1.807) is 4.90 Å². The van der Waals surface area contributed by atoms with Crippen LogP contribution >= 0.6 is 0 Å². The van der Waals surface area contributed by atoms with Gasteiger partial charge in [-0.15, -0.1) is 0 Å². The number of carboxylic acids is 1. The number of hydrogen-bond acceptors (Lipinski definition) is 4. The Balaban J connectivity index is 2.05. The molecule has 6 nitrogen and oxygen atoms in total. The van der Waals surface area contributed by atoms with Gasteiger partial charge >= 0.3 is 5.97 Å². The Hall–Kier alpha value is -2.11. The summed E-state index contributed by atoms with van der Waals surface area (Å²) in [7, 11) is 0. The van der Waals surface area contributed by atoms with Crippen molar-refractivity contribution in [1.82, 2.24) is 9.88 Å². The molecule has 0 spiro atoms. The summed E-state index contributed by atoms with van der Waals surface area (Å²) in [5.41, 5.74) is 0.247. The zero-order chi connectivity index (χ0) is 15.4. The molecule has 0 bridgehead atoms.